The summed E-state index contributed by atoms with van der Waals surface area (Å²) in [6.45, 7) is 1.85. The molecule has 0 aliphatic heterocycles. The summed E-state index contributed by atoms with van der Waals surface area (Å²) in [5, 5.41) is 16.7. The summed E-state index contributed by atoms with van der Waals surface area (Å²) >= 11 is 7.95. The zero-order chi connectivity index (χ0) is 20.0. The number of benzene rings is 2. The zero-order valence-electron chi connectivity index (χ0n) is 14.5. The van der Waals surface area contributed by atoms with Crippen LogP contribution in [0, 0.1) is 10.5 Å². The number of carbonyl (C=O) groups is 2. The van der Waals surface area contributed by atoms with Gasteiger partial charge in [-0.2, -0.15) is 5.10 Å². The summed E-state index contributed by atoms with van der Waals surface area (Å²) in [5.74, 6) is -0.719. The van der Waals surface area contributed by atoms with Crippen LogP contribution >= 0.6 is 34.2 Å². The van der Waals surface area contributed by atoms with Crippen LogP contribution in [0.4, 0.5) is 5.69 Å². The molecule has 0 fully saturated rings. The lowest BCUT2D eigenvalue weighted by Gasteiger charge is -2.07. The Hall–Kier alpha value is -2.33. The van der Waals surface area contributed by atoms with Crippen molar-refractivity contribution in [1.29, 1.82) is 0 Å². The van der Waals surface area contributed by atoms with Gasteiger partial charge in [-0.3, -0.25) is 9.59 Å². The van der Waals surface area contributed by atoms with E-state index in [1.807, 2.05) is 29.5 Å². The number of aryl methyl sites for hydroxylation is 1. The van der Waals surface area contributed by atoms with Crippen molar-refractivity contribution in [3.05, 3.63) is 50.1 Å². The molecule has 2 aromatic carbocycles. The van der Waals surface area contributed by atoms with E-state index >= 15 is 0 Å². The lowest BCUT2D eigenvalue weighted by Crippen LogP contribution is -2.24. The molecule has 0 aliphatic carbocycles. The van der Waals surface area contributed by atoms with Gasteiger partial charge in [0.1, 0.15) is 6.42 Å². The molecule has 7 nitrogen and oxygen atoms in total. The number of phenols is 1. The van der Waals surface area contributed by atoms with Crippen molar-refractivity contribution >= 4 is 57.9 Å². The van der Waals surface area contributed by atoms with Gasteiger partial charge in [0.25, 0.3) is 0 Å². The van der Waals surface area contributed by atoms with E-state index in [0.717, 1.165) is 5.56 Å². The second-order valence-corrected chi connectivity index (χ2v) is 7.11. The fraction of sp³-hybridized carbons (Fsp3) is 0.167. The summed E-state index contributed by atoms with van der Waals surface area (Å²) in [6.07, 6.45) is 0.999. The SMILES string of the molecule is COc1cc(C=NNC(=O)CC(=O)Nc2ccc(C)c(Cl)c2)cc(I)c1O. The molecule has 0 aliphatic rings. The van der Waals surface area contributed by atoms with Crippen molar-refractivity contribution in [2.24, 2.45) is 5.10 Å². The number of carbonyl (C=O) groups excluding carboxylic acids is 2. The number of aromatic hydroxyl groups is 1. The number of amides is 2. The highest BCUT2D eigenvalue weighted by Gasteiger charge is 2.10. The molecule has 27 heavy (non-hydrogen) atoms. The number of hydrogen-bond donors (Lipinski definition) is 3. The number of phenolic OH excluding ortho intramolecular Hbond substituents is 1. The maximum absolute atomic E-state index is 11.9. The molecule has 142 valence electrons. The smallest absolute Gasteiger partial charge is 0.249 e. The van der Waals surface area contributed by atoms with Crippen LogP contribution in [0.15, 0.2) is 35.4 Å². The molecule has 0 unspecified atom stereocenters. The molecule has 0 aromatic heterocycles. The molecular weight excluding hydrogens is 485 g/mol. The number of halogens is 2. The van der Waals surface area contributed by atoms with Crippen LogP contribution in [0.2, 0.25) is 5.02 Å². The Bertz CT molecular complexity index is 902. The number of methoxy groups -OCH3 is 1. The molecule has 0 heterocycles. The lowest BCUT2D eigenvalue weighted by atomic mass is 10.2. The minimum Gasteiger partial charge on any atom is -0.504 e. The third-order valence-electron chi connectivity index (χ3n) is 3.45. The van der Waals surface area contributed by atoms with E-state index in [1.54, 1.807) is 30.3 Å². The second kappa shape index (κ2) is 9.56. The molecule has 3 N–H and O–H groups in total. The summed E-state index contributed by atoms with van der Waals surface area (Å²) in [4.78, 5) is 23.7. The van der Waals surface area contributed by atoms with Gasteiger partial charge < -0.3 is 15.2 Å². The van der Waals surface area contributed by atoms with Crippen LogP contribution in [0.1, 0.15) is 17.5 Å². The molecule has 2 aromatic rings. The van der Waals surface area contributed by atoms with E-state index in [0.29, 0.717) is 25.6 Å². The molecule has 2 amide bonds. The summed E-state index contributed by atoms with van der Waals surface area (Å²) < 4.78 is 5.63. The highest BCUT2D eigenvalue weighted by molar-refractivity contribution is 14.1. The minimum absolute atomic E-state index is 0.0344. The Morgan fingerprint density at radius 3 is 2.70 bits per heavy atom. The molecule has 2 rings (SSSR count). The van der Waals surface area contributed by atoms with Gasteiger partial charge in [-0.25, -0.2) is 5.43 Å². The van der Waals surface area contributed by atoms with Crippen molar-refractivity contribution in [1.82, 2.24) is 5.43 Å². The highest BCUT2D eigenvalue weighted by Crippen LogP contribution is 2.31. The number of rotatable bonds is 6. The first-order chi connectivity index (χ1) is 12.8. The minimum atomic E-state index is -0.567. The molecular formula is C18H17ClIN3O4. The third kappa shape index (κ3) is 6.10. The largest absolute Gasteiger partial charge is 0.504 e. The zero-order valence-corrected chi connectivity index (χ0v) is 17.5. The maximum atomic E-state index is 11.9. The molecule has 0 saturated carbocycles. The van der Waals surface area contributed by atoms with Gasteiger partial charge in [0.05, 0.1) is 16.9 Å². The first-order valence-electron chi connectivity index (χ1n) is 7.74. The lowest BCUT2D eigenvalue weighted by molar-refractivity contribution is -0.126. The molecule has 9 heteroatoms. The van der Waals surface area contributed by atoms with Gasteiger partial charge in [0.2, 0.25) is 11.8 Å². The van der Waals surface area contributed by atoms with Crippen molar-refractivity contribution in [3.8, 4) is 11.5 Å². The van der Waals surface area contributed by atoms with Crippen molar-refractivity contribution < 1.29 is 19.4 Å². The number of hydrogen-bond acceptors (Lipinski definition) is 5. The molecule has 0 radical (unpaired) electrons. The van der Waals surface area contributed by atoms with Crippen LogP contribution in [-0.4, -0.2) is 30.2 Å². The first kappa shape index (κ1) is 21.0. The quantitative estimate of drug-likeness (QED) is 0.244. The van der Waals surface area contributed by atoms with Crippen LogP contribution in [0.25, 0.3) is 0 Å². The van der Waals surface area contributed by atoms with E-state index in [-0.39, 0.29) is 12.2 Å². The Labute approximate surface area is 174 Å². The Morgan fingerprint density at radius 2 is 2.04 bits per heavy atom. The Kier molecular flexibility index (Phi) is 7.43. The number of hydrazone groups is 1. The fourth-order valence-electron chi connectivity index (χ4n) is 2.06. The van der Waals surface area contributed by atoms with E-state index in [2.05, 4.69) is 15.8 Å². The average molecular weight is 502 g/mol. The number of ether oxygens (including phenoxy) is 1. The van der Waals surface area contributed by atoms with Crippen molar-refractivity contribution in [2.45, 2.75) is 13.3 Å². The molecule has 0 atom stereocenters. The summed E-state index contributed by atoms with van der Waals surface area (Å²) in [6, 6.07) is 8.33. The number of nitrogens with one attached hydrogen (secondary N) is 2. The highest BCUT2D eigenvalue weighted by atomic mass is 127. The predicted molar refractivity (Wildman–Crippen MR) is 113 cm³/mol. The van der Waals surface area contributed by atoms with Gasteiger partial charge >= 0.3 is 0 Å². The first-order valence-corrected chi connectivity index (χ1v) is 9.20. The maximum Gasteiger partial charge on any atom is 0.249 e. The monoisotopic (exact) mass is 501 g/mol. The van der Waals surface area contributed by atoms with E-state index < -0.39 is 11.8 Å². The molecule has 0 spiro atoms. The van der Waals surface area contributed by atoms with Crippen LogP contribution in [0.5, 0.6) is 11.5 Å². The van der Waals surface area contributed by atoms with Crippen LogP contribution < -0.4 is 15.5 Å². The van der Waals surface area contributed by atoms with Gasteiger partial charge in [-0.05, 0) is 64.9 Å². The van der Waals surface area contributed by atoms with Gasteiger partial charge in [-0.15, -0.1) is 0 Å². The van der Waals surface area contributed by atoms with Crippen molar-refractivity contribution in [2.75, 3.05) is 12.4 Å². The van der Waals surface area contributed by atoms with Gasteiger partial charge in [-0.1, -0.05) is 17.7 Å². The summed E-state index contributed by atoms with van der Waals surface area (Å²) in [7, 11) is 1.44. The Balaban J connectivity index is 1.90. The summed E-state index contributed by atoms with van der Waals surface area (Å²) in [5.41, 5.74) is 4.30. The molecule has 0 bridgehead atoms. The van der Waals surface area contributed by atoms with E-state index in [4.69, 9.17) is 16.3 Å². The Morgan fingerprint density at radius 1 is 1.30 bits per heavy atom. The molecule has 0 saturated heterocycles. The van der Waals surface area contributed by atoms with E-state index in [9.17, 15) is 14.7 Å². The van der Waals surface area contributed by atoms with Gasteiger partial charge in [0, 0.05) is 10.7 Å². The van der Waals surface area contributed by atoms with Crippen molar-refractivity contribution in [3.63, 3.8) is 0 Å². The van der Waals surface area contributed by atoms with Crippen LogP contribution in [0.3, 0.4) is 0 Å². The standard InChI is InChI=1S/C18H17ClIN3O4/c1-10-3-4-12(7-13(10)19)22-16(24)8-17(25)23-21-9-11-5-14(20)18(26)15(6-11)27-2/h3-7,9,26H,8H2,1-2H3,(H,22,24)(H,23,25). The predicted octanol–water partition coefficient (Wildman–Crippen LogP) is 3.45. The van der Waals surface area contributed by atoms with E-state index in [1.165, 1.54) is 13.3 Å². The second-order valence-electron chi connectivity index (χ2n) is 5.54. The number of anilines is 1. The third-order valence-corrected chi connectivity index (χ3v) is 4.68. The normalized spacial score (nSPS) is 10.7. The fourth-order valence-corrected chi connectivity index (χ4v) is 2.87. The van der Waals surface area contributed by atoms with Crippen LogP contribution in [-0.2, 0) is 9.59 Å². The number of nitrogens with zero attached hydrogens (tertiary/aromatic N) is 1. The average Bonchev–Trinajstić information content (AvgIpc) is 2.60. The van der Waals surface area contributed by atoms with Gasteiger partial charge in [0.15, 0.2) is 11.5 Å². The topological polar surface area (TPSA) is 100 Å².